The Balaban J connectivity index is 2.03. The quantitative estimate of drug-likeness (QED) is 0.730. The highest BCUT2D eigenvalue weighted by Crippen LogP contribution is 2.22. The van der Waals surface area contributed by atoms with Gasteiger partial charge in [0.2, 0.25) is 5.91 Å². The molecule has 0 aromatic heterocycles. The fraction of sp³-hybridized carbons (Fsp3) is 0.500. The zero-order valence-corrected chi connectivity index (χ0v) is 15.6. The van der Waals surface area contributed by atoms with Gasteiger partial charge in [-0.3, -0.25) is 4.79 Å². The van der Waals surface area contributed by atoms with Gasteiger partial charge in [-0.25, -0.2) is 0 Å². The highest BCUT2D eigenvalue weighted by Gasteiger charge is 2.33. The Hall–Kier alpha value is -0.710. The van der Waals surface area contributed by atoms with Crippen LogP contribution in [0.2, 0.25) is 0 Å². The summed E-state index contributed by atoms with van der Waals surface area (Å²) in [5, 5.41) is 2.86. The maximum absolute atomic E-state index is 12.3. The van der Waals surface area contributed by atoms with Gasteiger partial charge in [0.15, 0.2) is 0 Å². The van der Waals surface area contributed by atoms with E-state index in [2.05, 4.69) is 27.9 Å². The topological polar surface area (TPSA) is 69.7 Å². The third-order valence-corrected chi connectivity index (χ3v) is 6.28. The van der Waals surface area contributed by atoms with Crippen molar-refractivity contribution in [1.29, 1.82) is 0 Å². The van der Waals surface area contributed by atoms with Crippen LogP contribution in [0.4, 0.5) is 5.69 Å². The molecule has 22 heavy (non-hydrogen) atoms. The van der Waals surface area contributed by atoms with Crippen molar-refractivity contribution in [2.24, 2.45) is 5.92 Å². The van der Waals surface area contributed by atoms with Gasteiger partial charge in [0.1, 0.15) is 0 Å². The van der Waals surface area contributed by atoms with Gasteiger partial charge in [-0.05, 0) is 59.7 Å². The molecular formula is C14H20IN3O3S. The molecule has 1 aliphatic heterocycles. The first-order valence-electron chi connectivity index (χ1n) is 7.05. The van der Waals surface area contributed by atoms with E-state index in [4.69, 9.17) is 0 Å². The molecule has 8 heteroatoms. The van der Waals surface area contributed by atoms with Gasteiger partial charge in [0, 0.05) is 36.4 Å². The molecule has 1 N–H and O–H groups in total. The van der Waals surface area contributed by atoms with Gasteiger partial charge in [0.05, 0.1) is 5.92 Å². The first-order valence-corrected chi connectivity index (χ1v) is 9.52. The summed E-state index contributed by atoms with van der Waals surface area (Å²) >= 11 is 2.20. The predicted octanol–water partition coefficient (Wildman–Crippen LogP) is 1.75. The fourth-order valence-electron chi connectivity index (χ4n) is 2.37. The fourth-order valence-corrected chi connectivity index (χ4v) is 3.92. The van der Waals surface area contributed by atoms with Gasteiger partial charge in [-0.15, -0.1) is 0 Å². The minimum atomic E-state index is -3.46. The first kappa shape index (κ1) is 17.6. The van der Waals surface area contributed by atoms with Gasteiger partial charge < -0.3 is 5.32 Å². The third kappa shape index (κ3) is 4.18. The van der Waals surface area contributed by atoms with Crippen molar-refractivity contribution in [2.45, 2.75) is 12.8 Å². The lowest BCUT2D eigenvalue weighted by molar-refractivity contribution is -0.120. The summed E-state index contributed by atoms with van der Waals surface area (Å²) in [4.78, 5) is 12.3. The van der Waals surface area contributed by atoms with E-state index in [1.165, 1.54) is 22.7 Å². The highest BCUT2D eigenvalue weighted by atomic mass is 127. The molecule has 0 radical (unpaired) electrons. The number of carbonyl (C=O) groups is 1. The number of benzene rings is 1. The molecule has 0 bridgehead atoms. The maximum Gasteiger partial charge on any atom is 0.281 e. The minimum absolute atomic E-state index is 0.125. The molecule has 1 amide bonds. The molecule has 122 valence electrons. The number of nitrogens with zero attached hydrogens (tertiary/aromatic N) is 2. The van der Waals surface area contributed by atoms with Crippen LogP contribution >= 0.6 is 22.6 Å². The summed E-state index contributed by atoms with van der Waals surface area (Å²) in [6.45, 7) is 0.699. The number of nitrogens with one attached hydrogen (secondary N) is 1. The molecule has 0 unspecified atom stereocenters. The highest BCUT2D eigenvalue weighted by molar-refractivity contribution is 14.1. The van der Waals surface area contributed by atoms with E-state index in [0.717, 1.165) is 9.26 Å². The van der Waals surface area contributed by atoms with Crippen molar-refractivity contribution in [3.05, 3.63) is 27.8 Å². The Kier molecular flexibility index (Phi) is 5.81. The molecule has 1 aromatic carbocycles. The Labute approximate surface area is 145 Å². The first-order chi connectivity index (χ1) is 10.3. The summed E-state index contributed by atoms with van der Waals surface area (Å²) in [6.07, 6.45) is 1.40. The monoisotopic (exact) mass is 437 g/mol. The van der Waals surface area contributed by atoms with Crippen molar-refractivity contribution >= 4 is 44.4 Å². The maximum atomic E-state index is 12.3. The molecule has 1 aromatic rings. The van der Waals surface area contributed by atoms with Crippen LogP contribution in [0.3, 0.4) is 0 Å². The number of rotatable bonds is 4. The normalized spacial score (nSPS) is 20.1. The number of anilines is 1. The van der Waals surface area contributed by atoms with Gasteiger partial charge in [-0.2, -0.15) is 17.0 Å². The van der Waals surface area contributed by atoms with E-state index >= 15 is 0 Å². The van der Waals surface area contributed by atoms with E-state index in [1.807, 2.05) is 24.3 Å². The van der Waals surface area contributed by atoms with E-state index in [-0.39, 0.29) is 18.4 Å². The van der Waals surface area contributed by atoms with Crippen LogP contribution in [0.25, 0.3) is 0 Å². The molecule has 6 nitrogen and oxygen atoms in total. The Bertz CT molecular complexity index is 631. The lowest BCUT2D eigenvalue weighted by Crippen LogP contribution is -2.47. The zero-order chi connectivity index (χ0) is 16.3. The van der Waals surface area contributed by atoms with E-state index in [9.17, 15) is 13.2 Å². The minimum Gasteiger partial charge on any atom is -0.326 e. The number of hydrogen-bond donors (Lipinski definition) is 1. The average Bonchev–Trinajstić information content (AvgIpc) is 2.49. The summed E-state index contributed by atoms with van der Waals surface area (Å²) in [6, 6.07) is 7.52. The van der Waals surface area contributed by atoms with Gasteiger partial charge in [0.25, 0.3) is 10.2 Å². The lowest BCUT2D eigenvalue weighted by atomic mass is 9.99. The number of halogens is 1. The van der Waals surface area contributed by atoms with Crippen molar-refractivity contribution < 1.29 is 13.2 Å². The Morgan fingerprint density at radius 1 is 1.32 bits per heavy atom. The zero-order valence-electron chi connectivity index (χ0n) is 12.6. The predicted molar refractivity (Wildman–Crippen MR) is 94.7 cm³/mol. The van der Waals surface area contributed by atoms with Crippen LogP contribution in [0, 0.1) is 9.49 Å². The van der Waals surface area contributed by atoms with Crippen molar-refractivity contribution in [3.8, 4) is 0 Å². The second-order valence-corrected chi connectivity index (χ2v) is 8.87. The van der Waals surface area contributed by atoms with Gasteiger partial charge in [-0.1, -0.05) is 0 Å². The summed E-state index contributed by atoms with van der Waals surface area (Å²) in [5.74, 6) is -0.442. The number of hydrogen-bond acceptors (Lipinski definition) is 3. The van der Waals surface area contributed by atoms with Crippen LogP contribution in [0.15, 0.2) is 24.3 Å². The Morgan fingerprint density at radius 3 is 2.55 bits per heavy atom. The van der Waals surface area contributed by atoms with Crippen LogP contribution in [0.5, 0.6) is 0 Å². The van der Waals surface area contributed by atoms with E-state index in [0.29, 0.717) is 19.4 Å². The molecule has 1 fully saturated rings. The second kappa shape index (κ2) is 7.24. The second-order valence-electron chi connectivity index (χ2n) is 5.48. The van der Waals surface area contributed by atoms with Crippen LogP contribution < -0.4 is 5.32 Å². The molecule has 1 heterocycles. The largest absolute Gasteiger partial charge is 0.326 e. The van der Waals surface area contributed by atoms with E-state index in [1.54, 1.807) is 0 Å². The molecule has 0 spiro atoms. The number of amides is 1. The summed E-state index contributed by atoms with van der Waals surface area (Å²) in [7, 11) is -0.450. The average molecular weight is 437 g/mol. The lowest BCUT2D eigenvalue weighted by Gasteiger charge is -2.32. The summed E-state index contributed by atoms with van der Waals surface area (Å²) in [5.41, 5.74) is 0.734. The standard InChI is InChI=1S/C14H20IN3O3S/c1-17(2)22(20,21)18-9-3-4-11(10-18)14(19)16-13-7-5-12(15)6-8-13/h5-8,11H,3-4,9-10H2,1-2H3,(H,16,19)/t11-/m0/s1. The van der Waals surface area contributed by atoms with Crippen LogP contribution in [0.1, 0.15) is 12.8 Å². The third-order valence-electron chi connectivity index (χ3n) is 3.65. The van der Waals surface area contributed by atoms with Crippen molar-refractivity contribution in [1.82, 2.24) is 8.61 Å². The van der Waals surface area contributed by atoms with Crippen molar-refractivity contribution in [3.63, 3.8) is 0 Å². The smallest absolute Gasteiger partial charge is 0.281 e. The Morgan fingerprint density at radius 2 is 1.95 bits per heavy atom. The molecule has 0 aliphatic carbocycles. The number of carbonyl (C=O) groups excluding carboxylic acids is 1. The SMILES string of the molecule is CN(C)S(=O)(=O)N1CCC[C@H](C(=O)Nc2ccc(I)cc2)C1. The summed E-state index contributed by atoms with van der Waals surface area (Å²) < 4.78 is 28.0. The molecule has 1 aliphatic rings. The molecule has 0 saturated carbocycles. The van der Waals surface area contributed by atoms with Crippen LogP contribution in [-0.2, 0) is 15.0 Å². The van der Waals surface area contributed by atoms with E-state index < -0.39 is 10.2 Å². The molecule has 2 rings (SSSR count). The van der Waals surface area contributed by atoms with Crippen molar-refractivity contribution in [2.75, 3.05) is 32.5 Å². The van der Waals surface area contributed by atoms with Crippen LogP contribution in [-0.4, -0.2) is 50.1 Å². The molecule has 1 saturated heterocycles. The number of piperidine rings is 1. The van der Waals surface area contributed by atoms with Gasteiger partial charge >= 0.3 is 0 Å². The molecule has 1 atom stereocenters. The molecular weight excluding hydrogens is 417 g/mol.